The molecule has 1 aliphatic heterocycles. The second-order valence-electron chi connectivity index (χ2n) is 3.76. The van der Waals surface area contributed by atoms with Crippen LogP contribution in [0.1, 0.15) is 12.8 Å². The van der Waals surface area contributed by atoms with E-state index in [-0.39, 0.29) is 17.3 Å². The maximum absolute atomic E-state index is 11.8. The van der Waals surface area contributed by atoms with Crippen molar-refractivity contribution in [3.05, 3.63) is 17.5 Å². The molecule has 17 heavy (non-hydrogen) atoms. The van der Waals surface area contributed by atoms with Crippen LogP contribution >= 0.6 is 11.6 Å². The zero-order valence-electron chi connectivity index (χ0n) is 9.10. The van der Waals surface area contributed by atoms with Gasteiger partial charge in [-0.05, 0) is 30.5 Å². The normalized spacial score (nSPS) is 23.6. The summed E-state index contributed by atoms with van der Waals surface area (Å²) in [5.74, 6) is 0.144. The first kappa shape index (κ1) is 12.2. The van der Waals surface area contributed by atoms with Crippen molar-refractivity contribution in [3.8, 4) is 0 Å². The predicted octanol–water partition coefficient (Wildman–Crippen LogP) is 0.575. The average Bonchev–Trinajstić information content (AvgIpc) is 2.77. The van der Waals surface area contributed by atoms with Gasteiger partial charge in [-0.25, -0.2) is 9.97 Å². The van der Waals surface area contributed by atoms with Crippen molar-refractivity contribution >= 4 is 23.3 Å². The fraction of sp³-hybridized carbons (Fsp3) is 0.500. The van der Waals surface area contributed by atoms with Crippen LogP contribution in [0.4, 0.5) is 5.82 Å². The van der Waals surface area contributed by atoms with Crippen LogP contribution in [0.25, 0.3) is 0 Å². The van der Waals surface area contributed by atoms with Gasteiger partial charge in [0, 0.05) is 12.7 Å². The second kappa shape index (κ2) is 5.39. The molecule has 2 atom stereocenters. The van der Waals surface area contributed by atoms with Gasteiger partial charge in [0.25, 0.3) is 5.91 Å². The molecule has 0 saturated carbocycles. The highest BCUT2D eigenvalue weighted by molar-refractivity contribution is 6.28. The fourth-order valence-electron chi connectivity index (χ4n) is 1.68. The lowest BCUT2D eigenvalue weighted by atomic mass is 10.2. The third kappa shape index (κ3) is 3.12. The molecule has 2 rings (SSSR count). The van der Waals surface area contributed by atoms with Gasteiger partial charge in [0.2, 0.25) is 5.28 Å². The van der Waals surface area contributed by atoms with Crippen LogP contribution in [0.2, 0.25) is 5.28 Å². The third-order valence-corrected chi connectivity index (χ3v) is 2.72. The number of hydrogen-bond acceptors (Lipinski definition) is 5. The molecule has 1 aliphatic rings. The highest BCUT2D eigenvalue weighted by Gasteiger charge is 2.29. The van der Waals surface area contributed by atoms with Gasteiger partial charge in [0.1, 0.15) is 11.9 Å². The number of ether oxygens (including phenoxy) is 1. The number of aromatic nitrogens is 2. The molecule has 1 fully saturated rings. The number of anilines is 1. The van der Waals surface area contributed by atoms with Crippen LogP contribution in [0.15, 0.2) is 12.3 Å². The first-order valence-electron chi connectivity index (χ1n) is 5.34. The van der Waals surface area contributed by atoms with E-state index in [1.807, 2.05) is 0 Å². The van der Waals surface area contributed by atoms with E-state index >= 15 is 0 Å². The van der Waals surface area contributed by atoms with E-state index in [9.17, 15) is 4.79 Å². The Morgan fingerprint density at radius 2 is 2.47 bits per heavy atom. The maximum Gasteiger partial charge on any atom is 0.254 e. The van der Waals surface area contributed by atoms with Crippen LogP contribution in [-0.4, -0.2) is 34.6 Å². The van der Waals surface area contributed by atoms with E-state index in [1.165, 1.54) is 6.20 Å². The summed E-state index contributed by atoms with van der Waals surface area (Å²) in [6, 6.07) is 1.57. The number of halogens is 1. The van der Waals surface area contributed by atoms with Crippen LogP contribution in [0.3, 0.4) is 0 Å². The smallest absolute Gasteiger partial charge is 0.254 e. The summed E-state index contributed by atoms with van der Waals surface area (Å²) >= 11 is 5.61. The minimum atomic E-state index is -0.461. The molecule has 0 bridgehead atoms. The molecule has 2 heterocycles. The monoisotopic (exact) mass is 256 g/mol. The standard InChI is InChI=1S/C10H13ClN4O2/c11-10-13-4-3-8(15-10)14-9(16)7-2-1-6(5-12)17-7/h3-4,6-7H,1-2,5,12H2,(H,13,14,15,16). The summed E-state index contributed by atoms with van der Waals surface area (Å²) in [6.45, 7) is 0.434. The largest absolute Gasteiger partial charge is 0.364 e. The molecule has 1 aromatic heterocycles. The van der Waals surface area contributed by atoms with Gasteiger partial charge in [0.05, 0.1) is 6.10 Å². The number of nitrogens with one attached hydrogen (secondary N) is 1. The predicted molar refractivity (Wildman–Crippen MR) is 62.6 cm³/mol. The number of carbonyl (C=O) groups excluding carboxylic acids is 1. The average molecular weight is 257 g/mol. The Balaban J connectivity index is 1.93. The molecule has 92 valence electrons. The Hall–Kier alpha value is -1.24. The minimum absolute atomic E-state index is 0.0280. The van der Waals surface area contributed by atoms with Crippen LogP contribution in [-0.2, 0) is 9.53 Å². The number of nitrogens with two attached hydrogens (primary N) is 1. The Morgan fingerprint density at radius 1 is 1.65 bits per heavy atom. The molecule has 2 unspecified atom stereocenters. The summed E-state index contributed by atoms with van der Waals surface area (Å²) in [5.41, 5.74) is 5.47. The van der Waals surface area contributed by atoms with Crippen molar-refractivity contribution in [2.45, 2.75) is 25.0 Å². The van der Waals surface area contributed by atoms with Gasteiger partial charge in [-0.1, -0.05) is 0 Å². The molecule has 7 heteroatoms. The molecule has 1 amide bonds. The summed E-state index contributed by atoms with van der Waals surface area (Å²) in [4.78, 5) is 19.4. The molecule has 0 spiro atoms. The van der Waals surface area contributed by atoms with Gasteiger partial charge < -0.3 is 15.8 Å². The van der Waals surface area contributed by atoms with Gasteiger partial charge in [-0.2, -0.15) is 0 Å². The summed E-state index contributed by atoms with van der Waals surface area (Å²) in [6.07, 6.45) is 2.46. The highest BCUT2D eigenvalue weighted by Crippen LogP contribution is 2.20. The number of amides is 1. The van der Waals surface area contributed by atoms with Crippen LogP contribution in [0, 0.1) is 0 Å². The molecule has 0 aromatic carbocycles. The minimum Gasteiger partial charge on any atom is -0.364 e. The molecular formula is C10H13ClN4O2. The molecule has 0 radical (unpaired) electrons. The van der Waals surface area contributed by atoms with Crippen molar-refractivity contribution in [2.24, 2.45) is 5.73 Å². The molecule has 1 saturated heterocycles. The van der Waals surface area contributed by atoms with E-state index < -0.39 is 6.10 Å². The van der Waals surface area contributed by atoms with E-state index in [2.05, 4.69) is 15.3 Å². The topological polar surface area (TPSA) is 90.1 Å². The van der Waals surface area contributed by atoms with Crippen LogP contribution in [0.5, 0.6) is 0 Å². The van der Waals surface area contributed by atoms with E-state index in [1.54, 1.807) is 6.07 Å². The fourth-order valence-corrected chi connectivity index (χ4v) is 1.83. The second-order valence-corrected chi connectivity index (χ2v) is 4.10. The summed E-state index contributed by atoms with van der Waals surface area (Å²) in [5, 5.41) is 2.72. The quantitative estimate of drug-likeness (QED) is 0.772. The van der Waals surface area contributed by atoms with Gasteiger partial charge in [-0.3, -0.25) is 4.79 Å². The Morgan fingerprint density at radius 3 is 3.12 bits per heavy atom. The Kier molecular flexibility index (Phi) is 3.88. The Bertz CT molecular complexity index is 415. The summed E-state index contributed by atoms with van der Waals surface area (Å²) in [7, 11) is 0. The van der Waals surface area contributed by atoms with Crippen molar-refractivity contribution in [1.29, 1.82) is 0 Å². The Labute approximate surface area is 104 Å². The molecular weight excluding hydrogens is 244 g/mol. The van der Waals surface area contributed by atoms with E-state index in [0.29, 0.717) is 18.8 Å². The van der Waals surface area contributed by atoms with Crippen molar-refractivity contribution in [2.75, 3.05) is 11.9 Å². The highest BCUT2D eigenvalue weighted by atomic mass is 35.5. The lowest BCUT2D eigenvalue weighted by Gasteiger charge is -2.12. The lowest BCUT2D eigenvalue weighted by Crippen LogP contribution is -2.30. The number of rotatable bonds is 3. The summed E-state index contributed by atoms with van der Waals surface area (Å²) < 4.78 is 5.46. The zero-order valence-corrected chi connectivity index (χ0v) is 9.85. The van der Waals surface area contributed by atoms with Crippen molar-refractivity contribution < 1.29 is 9.53 Å². The third-order valence-electron chi connectivity index (χ3n) is 2.54. The van der Waals surface area contributed by atoms with Gasteiger partial charge >= 0.3 is 0 Å². The number of hydrogen-bond donors (Lipinski definition) is 2. The zero-order chi connectivity index (χ0) is 12.3. The first-order valence-corrected chi connectivity index (χ1v) is 5.72. The number of nitrogens with zero attached hydrogens (tertiary/aromatic N) is 2. The maximum atomic E-state index is 11.8. The SMILES string of the molecule is NCC1CCC(C(=O)Nc2ccnc(Cl)n2)O1. The molecule has 3 N–H and O–H groups in total. The lowest BCUT2D eigenvalue weighted by molar-refractivity contribution is -0.126. The first-order chi connectivity index (χ1) is 8.19. The van der Waals surface area contributed by atoms with Gasteiger partial charge in [-0.15, -0.1) is 0 Å². The molecule has 6 nitrogen and oxygen atoms in total. The van der Waals surface area contributed by atoms with E-state index in [0.717, 1.165) is 6.42 Å². The number of carbonyl (C=O) groups is 1. The van der Waals surface area contributed by atoms with Crippen LogP contribution < -0.4 is 11.1 Å². The van der Waals surface area contributed by atoms with Crippen molar-refractivity contribution in [1.82, 2.24) is 9.97 Å². The van der Waals surface area contributed by atoms with E-state index in [4.69, 9.17) is 22.1 Å². The molecule has 0 aliphatic carbocycles. The van der Waals surface area contributed by atoms with Gasteiger partial charge in [0.15, 0.2) is 0 Å². The molecule has 1 aromatic rings. The van der Waals surface area contributed by atoms with Crippen molar-refractivity contribution in [3.63, 3.8) is 0 Å².